The van der Waals surface area contributed by atoms with Gasteiger partial charge in [0.25, 0.3) is 0 Å². The zero-order valence-electron chi connectivity index (χ0n) is 12.6. The van der Waals surface area contributed by atoms with Crippen molar-refractivity contribution >= 4 is 17.4 Å². The molecule has 0 N–H and O–H groups in total. The fraction of sp³-hybridized carbons (Fsp3) is 0.429. The molecular weight excluding hydrogens is 340 g/mol. The number of hydrogen-bond acceptors (Lipinski definition) is 6. The quantitative estimate of drug-likeness (QED) is 0.836. The smallest absolute Gasteiger partial charge is 0.319 e. The molecular formula is C14H14ClF2N7. The van der Waals surface area contributed by atoms with Crippen molar-refractivity contribution in [1.82, 2.24) is 24.4 Å². The van der Waals surface area contributed by atoms with Gasteiger partial charge in [-0.15, -0.1) is 0 Å². The standard InChI is InChI=1S/C14H14ClF2N7/c15-10-8-20-11(7-18)21-13(10)23-5-3-22(4-6-23)9-12-19-1-2-24(12)14(16)17/h1-2,8,14H,3-6,9H2. The summed E-state index contributed by atoms with van der Waals surface area (Å²) >= 11 is 6.11. The maximum atomic E-state index is 12.9. The Labute approximate surface area is 142 Å². The number of aromatic nitrogens is 4. The molecule has 24 heavy (non-hydrogen) atoms. The van der Waals surface area contributed by atoms with Crippen molar-refractivity contribution in [1.29, 1.82) is 5.26 Å². The Hall–Kier alpha value is -2.31. The molecule has 0 amide bonds. The summed E-state index contributed by atoms with van der Waals surface area (Å²) in [5.41, 5.74) is 0. The van der Waals surface area contributed by atoms with E-state index in [0.29, 0.717) is 49.4 Å². The van der Waals surface area contributed by atoms with Gasteiger partial charge in [-0.25, -0.2) is 15.0 Å². The highest BCUT2D eigenvalue weighted by atomic mass is 35.5. The van der Waals surface area contributed by atoms with Gasteiger partial charge in [0, 0.05) is 38.6 Å². The number of halogens is 3. The highest BCUT2D eigenvalue weighted by Gasteiger charge is 2.22. The van der Waals surface area contributed by atoms with Crippen molar-refractivity contribution in [2.24, 2.45) is 0 Å². The molecule has 10 heteroatoms. The van der Waals surface area contributed by atoms with Crippen LogP contribution < -0.4 is 4.90 Å². The van der Waals surface area contributed by atoms with Crippen LogP contribution in [0.25, 0.3) is 0 Å². The van der Waals surface area contributed by atoms with Crippen LogP contribution in [0.3, 0.4) is 0 Å². The van der Waals surface area contributed by atoms with E-state index in [1.165, 1.54) is 18.6 Å². The lowest BCUT2D eigenvalue weighted by Crippen LogP contribution is -2.46. The summed E-state index contributed by atoms with van der Waals surface area (Å²) in [6, 6.07) is 1.89. The van der Waals surface area contributed by atoms with Crippen molar-refractivity contribution in [2.75, 3.05) is 31.1 Å². The molecule has 0 spiro atoms. The minimum absolute atomic E-state index is 0.0655. The van der Waals surface area contributed by atoms with E-state index in [2.05, 4.69) is 15.0 Å². The molecule has 126 valence electrons. The van der Waals surface area contributed by atoms with E-state index >= 15 is 0 Å². The molecule has 2 aromatic heterocycles. The highest BCUT2D eigenvalue weighted by Crippen LogP contribution is 2.24. The summed E-state index contributed by atoms with van der Waals surface area (Å²) in [5, 5.41) is 9.28. The number of piperazine rings is 1. The summed E-state index contributed by atoms with van der Waals surface area (Å²) in [6.07, 6.45) is 4.07. The number of nitriles is 1. The SMILES string of the molecule is N#Cc1ncc(Cl)c(N2CCN(Cc3nccn3C(F)F)CC2)n1. The topological polar surface area (TPSA) is 73.9 Å². The summed E-state index contributed by atoms with van der Waals surface area (Å²) in [7, 11) is 0. The fourth-order valence-corrected chi connectivity index (χ4v) is 2.81. The summed E-state index contributed by atoms with van der Waals surface area (Å²) in [4.78, 5) is 16.0. The summed E-state index contributed by atoms with van der Waals surface area (Å²) < 4.78 is 26.6. The van der Waals surface area contributed by atoms with Gasteiger partial charge < -0.3 is 4.90 Å². The molecule has 1 aliphatic rings. The minimum Gasteiger partial charge on any atom is -0.353 e. The summed E-state index contributed by atoms with van der Waals surface area (Å²) in [6.45, 7) is 0.310. The van der Waals surface area contributed by atoms with Gasteiger partial charge in [-0.2, -0.15) is 14.0 Å². The number of alkyl halides is 2. The van der Waals surface area contributed by atoms with Gasteiger partial charge in [-0.05, 0) is 0 Å². The second-order valence-corrected chi connectivity index (χ2v) is 5.68. The maximum absolute atomic E-state index is 12.9. The van der Waals surface area contributed by atoms with Gasteiger partial charge in [0.2, 0.25) is 5.82 Å². The van der Waals surface area contributed by atoms with E-state index in [1.807, 2.05) is 15.9 Å². The van der Waals surface area contributed by atoms with E-state index < -0.39 is 6.55 Å². The Kier molecular flexibility index (Phi) is 4.87. The van der Waals surface area contributed by atoms with Crippen LogP contribution in [0.1, 0.15) is 18.2 Å². The van der Waals surface area contributed by atoms with Gasteiger partial charge in [0.05, 0.1) is 12.7 Å². The molecule has 7 nitrogen and oxygen atoms in total. The molecule has 3 rings (SSSR count). The molecule has 0 aliphatic carbocycles. The molecule has 0 saturated carbocycles. The monoisotopic (exact) mass is 353 g/mol. The van der Waals surface area contributed by atoms with E-state index in [9.17, 15) is 8.78 Å². The first kappa shape index (κ1) is 16.5. The van der Waals surface area contributed by atoms with E-state index in [0.717, 1.165) is 4.57 Å². The van der Waals surface area contributed by atoms with Crippen LogP contribution in [-0.2, 0) is 6.54 Å². The number of anilines is 1. The normalized spacial score (nSPS) is 15.7. The fourth-order valence-electron chi connectivity index (χ4n) is 2.60. The van der Waals surface area contributed by atoms with Gasteiger partial charge in [-0.3, -0.25) is 9.47 Å². The lowest BCUT2D eigenvalue weighted by molar-refractivity contribution is 0.0637. The van der Waals surface area contributed by atoms with E-state index in [1.54, 1.807) is 0 Å². The van der Waals surface area contributed by atoms with E-state index in [-0.39, 0.29) is 5.82 Å². The highest BCUT2D eigenvalue weighted by molar-refractivity contribution is 6.32. The first-order valence-corrected chi connectivity index (χ1v) is 7.66. The van der Waals surface area contributed by atoms with Crippen LogP contribution in [0.4, 0.5) is 14.6 Å². The predicted molar refractivity (Wildman–Crippen MR) is 82.7 cm³/mol. The number of imidazole rings is 1. The van der Waals surface area contributed by atoms with Crippen molar-refractivity contribution in [3.8, 4) is 6.07 Å². The minimum atomic E-state index is -2.59. The van der Waals surface area contributed by atoms with Crippen molar-refractivity contribution in [3.05, 3.63) is 35.3 Å². The Balaban J connectivity index is 1.64. The average Bonchev–Trinajstić information content (AvgIpc) is 3.05. The molecule has 0 atom stereocenters. The third-order valence-corrected chi connectivity index (χ3v) is 4.09. The van der Waals surface area contributed by atoms with Gasteiger partial charge in [-0.1, -0.05) is 11.6 Å². The van der Waals surface area contributed by atoms with Crippen LogP contribution in [-0.4, -0.2) is 50.6 Å². The van der Waals surface area contributed by atoms with Crippen molar-refractivity contribution in [2.45, 2.75) is 13.1 Å². The summed E-state index contributed by atoms with van der Waals surface area (Å²) in [5.74, 6) is 0.929. The molecule has 2 aromatic rings. The molecule has 0 radical (unpaired) electrons. The molecule has 0 bridgehead atoms. The Morgan fingerprint density at radius 2 is 2.00 bits per heavy atom. The van der Waals surface area contributed by atoms with Gasteiger partial charge in [0.15, 0.2) is 5.82 Å². The van der Waals surface area contributed by atoms with E-state index in [4.69, 9.17) is 16.9 Å². The van der Waals surface area contributed by atoms with Gasteiger partial charge >= 0.3 is 6.55 Å². The number of rotatable bonds is 4. The Bertz CT molecular complexity index is 750. The lowest BCUT2D eigenvalue weighted by atomic mass is 10.3. The van der Waals surface area contributed by atoms with Crippen molar-refractivity contribution in [3.63, 3.8) is 0 Å². The van der Waals surface area contributed by atoms with Crippen LogP contribution >= 0.6 is 11.6 Å². The lowest BCUT2D eigenvalue weighted by Gasteiger charge is -2.35. The van der Waals surface area contributed by atoms with Crippen LogP contribution in [0.5, 0.6) is 0 Å². The second kappa shape index (κ2) is 7.07. The Morgan fingerprint density at radius 1 is 1.25 bits per heavy atom. The Morgan fingerprint density at radius 3 is 2.67 bits per heavy atom. The largest absolute Gasteiger partial charge is 0.353 e. The average molecular weight is 354 g/mol. The molecule has 0 unspecified atom stereocenters. The number of hydrogen-bond donors (Lipinski definition) is 0. The zero-order chi connectivity index (χ0) is 17.1. The van der Waals surface area contributed by atoms with Crippen LogP contribution in [0.15, 0.2) is 18.6 Å². The van der Waals surface area contributed by atoms with Crippen LogP contribution in [0.2, 0.25) is 5.02 Å². The van der Waals surface area contributed by atoms with Crippen LogP contribution in [0, 0.1) is 11.3 Å². The third kappa shape index (κ3) is 3.44. The molecule has 0 aromatic carbocycles. The molecule has 1 fully saturated rings. The number of nitrogens with zero attached hydrogens (tertiary/aromatic N) is 7. The molecule has 3 heterocycles. The third-order valence-electron chi connectivity index (χ3n) is 3.82. The molecule has 1 saturated heterocycles. The maximum Gasteiger partial charge on any atom is 0.319 e. The second-order valence-electron chi connectivity index (χ2n) is 5.27. The predicted octanol–water partition coefficient (Wildman–Crippen LogP) is 1.92. The first-order chi connectivity index (χ1) is 11.6. The zero-order valence-corrected chi connectivity index (χ0v) is 13.4. The first-order valence-electron chi connectivity index (χ1n) is 7.28. The van der Waals surface area contributed by atoms with Crippen molar-refractivity contribution < 1.29 is 8.78 Å². The van der Waals surface area contributed by atoms with Gasteiger partial charge in [0.1, 0.15) is 16.9 Å². The molecule has 1 aliphatic heterocycles.